The van der Waals surface area contributed by atoms with Gasteiger partial charge in [0.25, 0.3) is 6.43 Å². The van der Waals surface area contributed by atoms with Crippen molar-refractivity contribution in [3.8, 4) is 0 Å². The smallest absolute Gasteiger partial charge is 0.257 e. The summed E-state index contributed by atoms with van der Waals surface area (Å²) in [6, 6.07) is 0. The number of rotatable bonds is 7. The highest BCUT2D eigenvalue weighted by atomic mass is 35.5. The van der Waals surface area contributed by atoms with Crippen molar-refractivity contribution in [2.45, 2.75) is 26.4 Å². The molecule has 1 saturated heterocycles. The van der Waals surface area contributed by atoms with Crippen LogP contribution in [-0.4, -0.2) is 60.5 Å². The van der Waals surface area contributed by atoms with E-state index in [0.717, 1.165) is 50.7 Å². The van der Waals surface area contributed by atoms with Gasteiger partial charge in [-0.15, -0.1) is 24.8 Å². The fourth-order valence-electron chi connectivity index (χ4n) is 2.26. The summed E-state index contributed by atoms with van der Waals surface area (Å²) in [4.78, 5) is 2.35. The summed E-state index contributed by atoms with van der Waals surface area (Å²) in [5.41, 5.74) is 1.79. The molecule has 1 aromatic rings. The minimum Gasteiger partial charge on any atom is -0.379 e. The fraction of sp³-hybridized carbons (Fsp3) is 0.769. The number of hydrogen-bond donors (Lipinski definition) is 1. The summed E-state index contributed by atoms with van der Waals surface area (Å²) < 4.78 is 31.3. The van der Waals surface area contributed by atoms with E-state index in [1.807, 2.05) is 6.92 Å². The van der Waals surface area contributed by atoms with Crippen LogP contribution in [0.5, 0.6) is 0 Å². The molecule has 1 aliphatic heterocycles. The van der Waals surface area contributed by atoms with Crippen LogP contribution in [0, 0.1) is 6.92 Å². The third-order valence-corrected chi connectivity index (χ3v) is 3.54. The molecular weight excluding hydrogens is 337 g/mol. The Morgan fingerprint density at radius 2 is 2.00 bits per heavy atom. The van der Waals surface area contributed by atoms with E-state index in [1.165, 1.54) is 4.68 Å². The highest BCUT2D eigenvalue weighted by Gasteiger charge is 2.11. The summed E-state index contributed by atoms with van der Waals surface area (Å²) in [6.45, 7) is 7.58. The first-order chi connectivity index (χ1) is 9.66. The van der Waals surface area contributed by atoms with Crippen molar-refractivity contribution in [3.05, 3.63) is 17.5 Å². The minimum absolute atomic E-state index is 0. The second-order valence-corrected chi connectivity index (χ2v) is 4.96. The topological polar surface area (TPSA) is 42.3 Å². The zero-order chi connectivity index (χ0) is 14.4. The van der Waals surface area contributed by atoms with Crippen LogP contribution in [0.15, 0.2) is 6.20 Å². The third kappa shape index (κ3) is 6.75. The Kier molecular flexibility index (Phi) is 10.9. The monoisotopic (exact) mass is 360 g/mol. The first-order valence-electron chi connectivity index (χ1n) is 6.97. The molecule has 1 N–H and O–H groups in total. The summed E-state index contributed by atoms with van der Waals surface area (Å²) in [5, 5.41) is 7.33. The molecule has 1 aromatic heterocycles. The van der Waals surface area contributed by atoms with Crippen molar-refractivity contribution in [1.29, 1.82) is 0 Å². The Morgan fingerprint density at radius 1 is 1.32 bits per heavy atom. The van der Waals surface area contributed by atoms with Crippen molar-refractivity contribution in [1.82, 2.24) is 20.0 Å². The molecule has 5 nitrogen and oxygen atoms in total. The van der Waals surface area contributed by atoms with Crippen LogP contribution in [0.2, 0.25) is 0 Å². The lowest BCUT2D eigenvalue weighted by Crippen LogP contribution is -2.40. The average Bonchev–Trinajstić information content (AvgIpc) is 2.77. The molecule has 0 aliphatic carbocycles. The predicted octanol–water partition coefficient (Wildman–Crippen LogP) is 1.72. The lowest BCUT2D eigenvalue weighted by Gasteiger charge is -2.26. The standard InChI is InChI=1S/C13H22F2N4O.2ClH/c1-11-12(9-17-19(11)10-13(14)15)8-16-2-3-18-4-6-20-7-5-18;;/h9,13,16H,2-8,10H2,1H3;2*1H. The summed E-state index contributed by atoms with van der Waals surface area (Å²) in [6.07, 6.45) is -0.699. The molecule has 0 radical (unpaired) electrons. The molecule has 0 atom stereocenters. The van der Waals surface area contributed by atoms with Gasteiger partial charge in [0.15, 0.2) is 0 Å². The van der Waals surface area contributed by atoms with E-state index < -0.39 is 6.43 Å². The first kappa shape index (κ1) is 21.5. The van der Waals surface area contributed by atoms with Gasteiger partial charge in [-0.1, -0.05) is 0 Å². The molecule has 1 aliphatic rings. The van der Waals surface area contributed by atoms with Crippen molar-refractivity contribution in [2.24, 2.45) is 0 Å². The predicted molar refractivity (Wildman–Crippen MR) is 86.4 cm³/mol. The van der Waals surface area contributed by atoms with E-state index in [0.29, 0.717) is 6.54 Å². The van der Waals surface area contributed by atoms with Gasteiger partial charge in [-0.2, -0.15) is 5.10 Å². The molecule has 0 saturated carbocycles. The molecular formula is C13H24Cl2F2N4O. The SMILES string of the molecule is Cc1c(CNCCN2CCOCC2)cnn1CC(F)F.Cl.Cl. The molecule has 0 amide bonds. The van der Waals surface area contributed by atoms with Crippen LogP contribution in [0.25, 0.3) is 0 Å². The van der Waals surface area contributed by atoms with Crippen LogP contribution in [0.1, 0.15) is 11.3 Å². The van der Waals surface area contributed by atoms with Gasteiger partial charge in [0.2, 0.25) is 0 Å². The van der Waals surface area contributed by atoms with Crippen LogP contribution in [0.3, 0.4) is 0 Å². The molecule has 0 unspecified atom stereocenters. The van der Waals surface area contributed by atoms with Crippen LogP contribution < -0.4 is 5.32 Å². The number of ether oxygens (including phenoxy) is 1. The largest absolute Gasteiger partial charge is 0.379 e. The lowest BCUT2D eigenvalue weighted by atomic mass is 10.2. The van der Waals surface area contributed by atoms with E-state index in [1.54, 1.807) is 6.20 Å². The van der Waals surface area contributed by atoms with Gasteiger partial charge in [-0.25, -0.2) is 8.78 Å². The molecule has 2 rings (SSSR count). The van der Waals surface area contributed by atoms with E-state index >= 15 is 0 Å². The minimum atomic E-state index is -2.37. The summed E-state index contributed by atoms with van der Waals surface area (Å²) in [5.74, 6) is 0. The second-order valence-electron chi connectivity index (χ2n) is 4.96. The van der Waals surface area contributed by atoms with Gasteiger partial charge in [0.1, 0.15) is 6.54 Å². The van der Waals surface area contributed by atoms with Crippen LogP contribution in [-0.2, 0) is 17.8 Å². The van der Waals surface area contributed by atoms with Crippen molar-refractivity contribution in [3.63, 3.8) is 0 Å². The number of nitrogens with one attached hydrogen (secondary N) is 1. The van der Waals surface area contributed by atoms with Crippen molar-refractivity contribution in [2.75, 3.05) is 39.4 Å². The lowest BCUT2D eigenvalue weighted by molar-refractivity contribution is 0.0384. The van der Waals surface area contributed by atoms with E-state index in [2.05, 4.69) is 15.3 Å². The Hall–Kier alpha value is -0.470. The van der Waals surface area contributed by atoms with Crippen molar-refractivity contribution < 1.29 is 13.5 Å². The van der Waals surface area contributed by atoms with E-state index in [-0.39, 0.29) is 31.4 Å². The number of halogens is 4. The quantitative estimate of drug-likeness (QED) is 0.751. The van der Waals surface area contributed by atoms with Crippen LogP contribution in [0.4, 0.5) is 8.78 Å². The molecule has 0 bridgehead atoms. The molecule has 130 valence electrons. The van der Waals surface area contributed by atoms with E-state index in [4.69, 9.17) is 4.74 Å². The number of hydrogen-bond acceptors (Lipinski definition) is 4. The fourth-order valence-corrected chi connectivity index (χ4v) is 2.26. The zero-order valence-corrected chi connectivity index (χ0v) is 14.3. The van der Waals surface area contributed by atoms with Gasteiger partial charge in [0, 0.05) is 44.0 Å². The molecule has 0 spiro atoms. The van der Waals surface area contributed by atoms with Gasteiger partial charge in [0.05, 0.1) is 19.4 Å². The van der Waals surface area contributed by atoms with Gasteiger partial charge < -0.3 is 10.1 Å². The highest BCUT2D eigenvalue weighted by Crippen LogP contribution is 2.09. The Balaban J connectivity index is 0.00000220. The van der Waals surface area contributed by atoms with Gasteiger partial charge in [-0.05, 0) is 6.92 Å². The Morgan fingerprint density at radius 3 is 2.64 bits per heavy atom. The maximum absolute atomic E-state index is 12.3. The third-order valence-electron chi connectivity index (χ3n) is 3.54. The molecule has 22 heavy (non-hydrogen) atoms. The maximum Gasteiger partial charge on any atom is 0.257 e. The van der Waals surface area contributed by atoms with Crippen LogP contribution >= 0.6 is 24.8 Å². The first-order valence-corrected chi connectivity index (χ1v) is 6.97. The molecule has 2 heterocycles. The molecule has 0 aromatic carbocycles. The Bertz CT molecular complexity index is 415. The highest BCUT2D eigenvalue weighted by molar-refractivity contribution is 5.85. The summed E-state index contributed by atoms with van der Waals surface area (Å²) >= 11 is 0. The maximum atomic E-state index is 12.3. The van der Waals surface area contributed by atoms with Gasteiger partial charge in [-0.3, -0.25) is 9.58 Å². The number of nitrogens with zero attached hydrogens (tertiary/aromatic N) is 3. The zero-order valence-electron chi connectivity index (χ0n) is 12.6. The summed E-state index contributed by atoms with van der Waals surface area (Å²) in [7, 11) is 0. The Labute approximate surface area is 142 Å². The number of morpholine rings is 1. The number of alkyl halides is 2. The normalized spacial score (nSPS) is 15.5. The van der Waals surface area contributed by atoms with Crippen molar-refractivity contribution >= 4 is 24.8 Å². The molecule has 1 fully saturated rings. The second kappa shape index (κ2) is 11.1. The molecule has 9 heteroatoms. The number of aromatic nitrogens is 2. The van der Waals surface area contributed by atoms with Gasteiger partial charge >= 0.3 is 0 Å². The average molecular weight is 361 g/mol. The van der Waals surface area contributed by atoms with E-state index in [9.17, 15) is 8.78 Å².